The first-order valence-corrected chi connectivity index (χ1v) is 12.7. The second-order valence-electron chi connectivity index (χ2n) is 9.05. The number of carbonyl (C=O) groups is 2. The summed E-state index contributed by atoms with van der Waals surface area (Å²) in [5.74, 6) is 0.746. The molecule has 2 heterocycles. The number of furan rings is 1. The van der Waals surface area contributed by atoms with Gasteiger partial charge in [0.05, 0.1) is 32.5 Å². The van der Waals surface area contributed by atoms with Gasteiger partial charge in [-0.1, -0.05) is 47.7 Å². The summed E-state index contributed by atoms with van der Waals surface area (Å²) in [5, 5.41) is 11.3. The maximum atomic E-state index is 14.0. The van der Waals surface area contributed by atoms with Crippen LogP contribution in [0.1, 0.15) is 22.9 Å². The van der Waals surface area contributed by atoms with Crippen molar-refractivity contribution >= 4 is 22.8 Å². The molecule has 3 aromatic carbocycles. The number of nitrogens with zero attached hydrogens (tertiary/aromatic N) is 4. The summed E-state index contributed by atoms with van der Waals surface area (Å²) in [6, 6.07) is 24.5. The molecule has 10 heteroatoms. The predicted octanol–water partition coefficient (Wildman–Crippen LogP) is 4.13. The summed E-state index contributed by atoms with van der Waals surface area (Å²) in [6.07, 6.45) is 1.53. The molecule has 0 spiro atoms. The molecule has 0 aliphatic rings. The van der Waals surface area contributed by atoms with E-state index in [2.05, 4.69) is 15.6 Å². The maximum Gasteiger partial charge on any atom is 0.247 e. The molecule has 5 rings (SSSR count). The van der Waals surface area contributed by atoms with Gasteiger partial charge in [0.1, 0.15) is 35.4 Å². The predicted molar refractivity (Wildman–Crippen MR) is 147 cm³/mol. The van der Waals surface area contributed by atoms with Gasteiger partial charge in [0.25, 0.3) is 0 Å². The molecule has 10 nitrogen and oxygen atoms in total. The Bertz CT molecular complexity index is 1580. The van der Waals surface area contributed by atoms with E-state index >= 15 is 0 Å². The van der Waals surface area contributed by atoms with Crippen molar-refractivity contribution in [3.05, 3.63) is 108 Å². The minimum atomic E-state index is -1.06. The third kappa shape index (κ3) is 5.80. The maximum absolute atomic E-state index is 14.0. The summed E-state index contributed by atoms with van der Waals surface area (Å²) >= 11 is 0. The average Bonchev–Trinajstić information content (AvgIpc) is 3.66. The number of benzene rings is 3. The second kappa shape index (κ2) is 12.2. The smallest absolute Gasteiger partial charge is 0.247 e. The fourth-order valence-corrected chi connectivity index (χ4v) is 4.52. The first kappa shape index (κ1) is 26.5. The third-order valence-corrected chi connectivity index (χ3v) is 6.54. The summed E-state index contributed by atoms with van der Waals surface area (Å²) in [6.45, 7) is 0.185. The minimum Gasteiger partial charge on any atom is -0.497 e. The zero-order valence-corrected chi connectivity index (χ0v) is 22.2. The van der Waals surface area contributed by atoms with E-state index in [1.165, 1.54) is 23.0 Å². The molecule has 0 saturated heterocycles. The zero-order chi connectivity index (χ0) is 27.9. The van der Waals surface area contributed by atoms with Crippen molar-refractivity contribution in [1.82, 2.24) is 25.2 Å². The first-order valence-electron chi connectivity index (χ1n) is 12.7. The van der Waals surface area contributed by atoms with E-state index in [1.807, 2.05) is 54.6 Å². The topological polar surface area (TPSA) is 112 Å². The van der Waals surface area contributed by atoms with Crippen LogP contribution in [0.15, 0.2) is 95.6 Å². The first-order chi connectivity index (χ1) is 19.6. The number of aromatic nitrogens is 3. The van der Waals surface area contributed by atoms with E-state index in [4.69, 9.17) is 13.9 Å². The van der Waals surface area contributed by atoms with Gasteiger partial charge in [-0.3, -0.25) is 9.59 Å². The number of rotatable bonds is 11. The Morgan fingerprint density at radius 3 is 2.52 bits per heavy atom. The second-order valence-corrected chi connectivity index (χ2v) is 9.05. The lowest BCUT2D eigenvalue weighted by Gasteiger charge is -2.31. The molecular weight excluding hydrogens is 510 g/mol. The number of hydrogen-bond donors (Lipinski definition) is 1. The van der Waals surface area contributed by atoms with Crippen LogP contribution in [0.2, 0.25) is 0 Å². The highest BCUT2D eigenvalue weighted by Crippen LogP contribution is 2.34. The molecule has 204 valence electrons. The molecule has 40 heavy (non-hydrogen) atoms. The lowest BCUT2D eigenvalue weighted by Crippen LogP contribution is -2.44. The summed E-state index contributed by atoms with van der Waals surface area (Å²) in [7, 11) is 3.06. The number of fused-ring (bicyclic) bond motifs is 1. The van der Waals surface area contributed by atoms with Crippen LogP contribution in [0, 0.1) is 0 Å². The number of amides is 2. The molecule has 1 atom stereocenters. The SMILES string of the molecule is COc1ccc([C@H](C(=O)NCc2ccccc2)N(Cc2ccco2)C(=O)Cn2nnc3ccccc32)c(OC)c1. The molecule has 2 aromatic heterocycles. The Labute approximate surface area is 231 Å². The van der Waals surface area contributed by atoms with Gasteiger partial charge in [-0.15, -0.1) is 5.10 Å². The largest absolute Gasteiger partial charge is 0.497 e. The quantitative estimate of drug-likeness (QED) is 0.269. The van der Waals surface area contributed by atoms with Crippen molar-refractivity contribution in [3.8, 4) is 11.5 Å². The monoisotopic (exact) mass is 539 g/mol. The van der Waals surface area contributed by atoms with Crippen molar-refractivity contribution in [2.24, 2.45) is 0 Å². The van der Waals surface area contributed by atoms with E-state index < -0.39 is 6.04 Å². The van der Waals surface area contributed by atoms with Crippen LogP contribution in [-0.2, 0) is 29.2 Å². The van der Waals surface area contributed by atoms with Crippen LogP contribution in [0.25, 0.3) is 11.0 Å². The number of hydrogen-bond acceptors (Lipinski definition) is 7. The molecule has 0 bridgehead atoms. The number of carbonyl (C=O) groups excluding carboxylic acids is 2. The van der Waals surface area contributed by atoms with Gasteiger partial charge in [-0.25, -0.2) is 4.68 Å². The zero-order valence-electron chi connectivity index (χ0n) is 22.2. The van der Waals surface area contributed by atoms with E-state index in [9.17, 15) is 9.59 Å². The average molecular weight is 540 g/mol. The van der Waals surface area contributed by atoms with Gasteiger partial charge >= 0.3 is 0 Å². The van der Waals surface area contributed by atoms with Crippen molar-refractivity contribution in [1.29, 1.82) is 0 Å². The minimum absolute atomic E-state index is 0.0388. The number of nitrogens with one attached hydrogen (secondary N) is 1. The summed E-state index contributed by atoms with van der Waals surface area (Å²) < 4.78 is 18.1. The third-order valence-electron chi connectivity index (χ3n) is 6.54. The van der Waals surface area contributed by atoms with Gasteiger partial charge in [0.2, 0.25) is 11.8 Å². The Morgan fingerprint density at radius 1 is 0.975 bits per heavy atom. The molecule has 2 amide bonds. The van der Waals surface area contributed by atoms with Gasteiger partial charge in [-0.2, -0.15) is 0 Å². The van der Waals surface area contributed by atoms with Gasteiger partial charge in [0.15, 0.2) is 0 Å². The number of ether oxygens (including phenoxy) is 2. The highest BCUT2D eigenvalue weighted by Gasteiger charge is 2.35. The standard InChI is InChI=1S/C30H29N5O5/c1-38-22-14-15-24(27(17-22)39-2)29(30(37)31-18-21-9-4-3-5-10-21)34(19-23-11-8-16-40-23)28(36)20-35-26-13-7-6-12-25(26)32-33-35/h3-17,29H,18-20H2,1-2H3,(H,31,37)/t29-/m1/s1. The Hall–Kier alpha value is -5.12. The van der Waals surface area contributed by atoms with Gasteiger partial charge < -0.3 is 24.1 Å². The highest BCUT2D eigenvalue weighted by molar-refractivity contribution is 5.90. The molecular formula is C30H29N5O5. The molecule has 1 N–H and O–H groups in total. The highest BCUT2D eigenvalue weighted by atomic mass is 16.5. The molecule has 0 saturated carbocycles. The van der Waals surface area contributed by atoms with Crippen molar-refractivity contribution in [2.45, 2.75) is 25.7 Å². The fourth-order valence-electron chi connectivity index (χ4n) is 4.52. The van der Waals surface area contributed by atoms with Crippen LogP contribution in [-0.4, -0.2) is 45.9 Å². The van der Waals surface area contributed by atoms with Crippen LogP contribution in [0.4, 0.5) is 0 Å². The molecule has 0 fully saturated rings. The van der Waals surface area contributed by atoms with Crippen LogP contribution >= 0.6 is 0 Å². The summed E-state index contributed by atoms with van der Waals surface area (Å²) in [5.41, 5.74) is 2.80. The number of para-hydroxylation sites is 1. The van der Waals surface area contributed by atoms with Crippen LogP contribution < -0.4 is 14.8 Å². The fraction of sp³-hybridized carbons (Fsp3) is 0.200. The van der Waals surface area contributed by atoms with E-state index in [1.54, 1.807) is 37.4 Å². The summed E-state index contributed by atoms with van der Waals surface area (Å²) in [4.78, 5) is 29.5. The van der Waals surface area contributed by atoms with Crippen molar-refractivity contribution in [2.75, 3.05) is 14.2 Å². The molecule has 0 unspecified atom stereocenters. The Kier molecular flexibility index (Phi) is 8.05. The normalized spacial score (nSPS) is 11.7. The van der Waals surface area contributed by atoms with Crippen molar-refractivity contribution < 1.29 is 23.5 Å². The van der Waals surface area contributed by atoms with E-state index in [-0.39, 0.29) is 31.4 Å². The van der Waals surface area contributed by atoms with Crippen molar-refractivity contribution in [3.63, 3.8) is 0 Å². The number of methoxy groups -OCH3 is 2. The van der Waals surface area contributed by atoms with E-state index in [0.29, 0.717) is 33.9 Å². The lowest BCUT2D eigenvalue weighted by molar-refractivity contribution is -0.142. The molecule has 5 aromatic rings. The van der Waals surface area contributed by atoms with Crippen LogP contribution in [0.3, 0.4) is 0 Å². The van der Waals surface area contributed by atoms with Gasteiger partial charge in [-0.05, 0) is 42.0 Å². The Morgan fingerprint density at radius 2 is 1.77 bits per heavy atom. The molecule has 0 aliphatic carbocycles. The van der Waals surface area contributed by atoms with Gasteiger partial charge in [0, 0.05) is 18.2 Å². The Balaban J connectivity index is 1.55. The van der Waals surface area contributed by atoms with E-state index in [0.717, 1.165) is 5.56 Å². The lowest BCUT2D eigenvalue weighted by atomic mass is 10.0. The molecule has 0 aliphatic heterocycles. The molecule has 0 radical (unpaired) electrons. The van der Waals surface area contributed by atoms with Crippen LogP contribution in [0.5, 0.6) is 11.5 Å².